The van der Waals surface area contributed by atoms with Crippen molar-refractivity contribution in [2.24, 2.45) is 0 Å². The van der Waals surface area contributed by atoms with Crippen molar-refractivity contribution in [3.63, 3.8) is 0 Å². The Bertz CT molecular complexity index is 500. The third-order valence-electron chi connectivity index (χ3n) is 2.72. The number of benzene rings is 1. The number of nitro groups is 1. The maximum Gasteiger partial charge on any atom is 0.292 e. The van der Waals surface area contributed by atoms with Gasteiger partial charge in [0, 0.05) is 25.3 Å². The molecule has 0 saturated heterocycles. The lowest BCUT2D eigenvalue weighted by molar-refractivity contribution is -0.383. The normalized spacial score (nSPS) is 11.1. The van der Waals surface area contributed by atoms with Gasteiger partial charge in [-0.05, 0) is 26.0 Å². The highest BCUT2D eigenvalue weighted by molar-refractivity contribution is 5.95. The van der Waals surface area contributed by atoms with E-state index in [2.05, 4.69) is 5.32 Å². The summed E-state index contributed by atoms with van der Waals surface area (Å²) in [5, 5.41) is 13.4. The number of nitrogens with zero attached hydrogens (tertiary/aromatic N) is 1. The number of nitro benzene ring substituents is 1. The molecule has 104 valence electrons. The molecule has 0 aliphatic carbocycles. The molecule has 7 heteroatoms. The van der Waals surface area contributed by atoms with Gasteiger partial charge in [-0.2, -0.15) is 0 Å². The number of rotatable bonds is 5. The van der Waals surface area contributed by atoms with Crippen molar-refractivity contribution in [3.05, 3.63) is 33.9 Å². The third-order valence-corrected chi connectivity index (χ3v) is 2.72. The average Bonchev–Trinajstić information content (AvgIpc) is 2.36. The van der Waals surface area contributed by atoms with Crippen LogP contribution in [0.2, 0.25) is 0 Å². The van der Waals surface area contributed by atoms with Gasteiger partial charge >= 0.3 is 0 Å². The van der Waals surface area contributed by atoms with E-state index in [0.29, 0.717) is 6.54 Å². The lowest BCUT2D eigenvalue weighted by atomic mass is 10.1. The van der Waals surface area contributed by atoms with Gasteiger partial charge in [0.05, 0.1) is 10.5 Å². The average molecular weight is 267 g/mol. The zero-order chi connectivity index (χ0) is 14.6. The second kappa shape index (κ2) is 5.66. The number of methoxy groups -OCH3 is 1. The van der Waals surface area contributed by atoms with Gasteiger partial charge in [0.25, 0.3) is 11.6 Å². The number of nitrogen functional groups attached to an aromatic ring is 1. The highest BCUT2D eigenvalue weighted by Crippen LogP contribution is 2.22. The quantitative estimate of drug-likeness (QED) is 0.475. The van der Waals surface area contributed by atoms with Crippen molar-refractivity contribution >= 4 is 17.3 Å². The molecule has 0 radical (unpaired) electrons. The van der Waals surface area contributed by atoms with E-state index in [1.165, 1.54) is 12.1 Å². The van der Waals surface area contributed by atoms with Crippen LogP contribution >= 0.6 is 0 Å². The summed E-state index contributed by atoms with van der Waals surface area (Å²) in [6.45, 7) is 3.93. The zero-order valence-corrected chi connectivity index (χ0v) is 11.1. The molecule has 0 bridgehead atoms. The minimum atomic E-state index is -0.620. The molecule has 0 fully saturated rings. The van der Waals surface area contributed by atoms with Gasteiger partial charge in [-0.1, -0.05) is 0 Å². The number of carbonyl (C=O) groups is 1. The summed E-state index contributed by atoms with van der Waals surface area (Å²) in [5.41, 5.74) is 4.89. The van der Waals surface area contributed by atoms with E-state index in [9.17, 15) is 14.9 Å². The van der Waals surface area contributed by atoms with Crippen LogP contribution in [0.3, 0.4) is 0 Å². The second-order valence-corrected chi connectivity index (χ2v) is 4.68. The summed E-state index contributed by atoms with van der Waals surface area (Å²) in [4.78, 5) is 22.0. The first kappa shape index (κ1) is 14.9. The fraction of sp³-hybridized carbons (Fsp3) is 0.417. The Morgan fingerprint density at radius 2 is 2.16 bits per heavy atom. The fourth-order valence-corrected chi connectivity index (χ4v) is 1.31. The predicted octanol–water partition coefficient (Wildman–Crippen LogP) is 1.33. The number of nitrogens with one attached hydrogen (secondary N) is 1. The summed E-state index contributed by atoms with van der Waals surface area (Å²) in [6.07, 6.45) is 0. The van der Waals surface area contributed by atoms with Crippen LogP contribution in [0.5, 0.6) is 0 Å². The van der Waals surface area contributed by atoms with Crippen molar-refractivity contribution in [2.75, 3.05) is 19.4 Å². The van der Waals surface area contributed by atoms with Gasteiger partial charge in [0.1, 0.15) is 5.69 Å². The lowest BCUT2D eigenvalue weighted by Gasteiger charge is -2.23. The van der Waals surface area contributed by atoms with Crippen LogP contribution in [0.25, 0.3) is 0 Å². The molecule has 1 aromatic carbocycles. The Morgan fingerprint density at radius 3 is 2.68 bits per heavy atom. The molecule has 0 saturated carbocycles. The Balaban J connectivity index is 2.84. The first-order chi connectivity index (χ1) is 8.76. The van der Waals surface area contributed by atoms with Crippen LogP contribution in [0, 0.1) is 10.1 Å². The second-order valence-electron chi connectivity index (χ2n) is 4.68. The first-order valence-corrected chi connectivity index (χ1v) is 5.64. The fourth-order valence-electron chi connectivity index (χ4n) is 1.31. The first-order valence-electron chi connectivity index (χ1n) is 5.64. The molecule has 19 heavy (non-hydrogen) atoms. The van der Waals surface area contributed by atoms with Gasteiger partial charge in [-0.3, -0.25) is 14.9 Å². The molecular weight excluding hydrogens is 250 g/mol. The number of carbonyl (C=O) groups excluding carboxylic acids is 1. The smallest absolute Gasteiger partial charge is 0.292 e. The minimum Gasteiger partial charge on any atom is -0.393 e. The molecule has 0 heterocycles. The number of hydrogen-bond acceptors (Lipinski definition) is 5. The Hall–Kier alpha value is -2.15. The van der Waals surface area contributed by atoms with Gasteiger partial charge in [-0.15, -0.1) is 0 Å². The molecule has 3 N–H and O–H groups in total. The summed E-state index contributed by atoms with van der Waals surface area (Å²) in [6, 6.07) is 3.94. The van der Waals surface area contributed by atoms with Crippen molar-refractivity contribution in [1.29, 1.82) is 0 Å². The molecule has 1 amide bonds. The Kier molecular flexibility index (Phi) is 4.44. The number of anilines is 1. The van der Waals surface area contributed by atoms with E-state index in [0.717, 1.165) is 6.07 Å². The molecule has 0 spiro atoms. The number of nitrogens with two attached hydrogens (primary N) is 1. The molecule has 7 nitrogen and oxygen atoms in total. The zero-order valence-electron chi connectivity index (χ0n) is 11.1. The molecule has 1 rings (SSSR count). The van der Waals surface area contributed by atoms with Gasteiger partial charge in [0.15, 0.2) is 0 Å². The van der Waals surface area contributed by atoms with E-state index >= 15 is 0 Å². The lowest BCUT2D eigenvalue weighted by Crippen LogP contribution is -2.39. The SMILES string of the molecule is COC(C)(C)CNC(=O)c1ccc(N)c([N+](=O)[O-])c1. The number of hydrogen-bond donors (Lipinski definition) is 2. The van der Waals surface area contributed by atoms with Crippen molar-refractivity contribution < 1.29 is 14.5 Å². The Labute approximate surface area is 110 Å². The standard InChI is InChI=1S/C12H17N3O4/c1-12(2,19-3)7-14-11(16)8-4-5-9(13)10(6-8)15(17)18/h4-6H,7,13H2,1-3H3,(H,14,16). The topological polar surface area (TPSA) is 107 Å². The molecule has 1 aromatic rings. The summed E-state index contributed by atoms with van der Waals surface area (Å²) in [7, 11) is 1.54. The Morgan fingerprint density at radius 1 is 1.53 bits per heavy atom. The van der Waals surface area contributed by atoms with Gasteiger partial charge in [0.2, 0.25) is 0 Å². The highest BCUT2D eigenvalue weighted by atomic mass is 16.6. The molecule has 0 aromatic heterocycles. The van der Waals surface area contributed by atoms with Crippen LogP contribution in [0.15, 0.2) is 18.2 Å². The van der Waals surface area contributed by atoms with Crippen LogP contribution in [0.1, 0.15) is 24.2 Å². The van der Waals surface area contributed by atoms with E-state index < -0.39 is 16.4 Å². The van der Waals surface area contributed by atoms with Crippen molar-refractivity contribution in [3.8, 4) is 0 Å². The van der Waals surface area contributed by atoms with E-state index in [1.54, 1.807) is 7.11 Å². The van der Waals surface area contributed by atoms with E-state index in [-0.39, 0.29) is 16.9 Å². The maximum absolute atomic E-state index is 11.9. The van der Waals surface area contributed by atoms with Crippen LogP contribution < -0.4 is 11.1 Å². The van der Waals surface area contributed by atoms with Gasteiger partial charge < -0.3 is 15.8 Å². The van der Waals surface area contributed by atoms with Gasteiger partial charge in [-0.25, -0.2) is 0 Å². The monoisotopic (exact) mass is 267 g/mol. The minimum absolute atomic E-state index is 0.0266. The molecule has 0 aliphatic heterocycles. The van der Waals surface area contributed by atoms with E-state index in [4.69, 9.17) is 10.5 Å². The van der Waals surface area contributed by atoms with Crippen molar-refractivity contribution in [1.82, 2.24) is 5.32 Å². The molecular formula is C12H17N3O4. The number of amides is 1. The molecule has 0 aliphatic rings. The molecule has 0 atom stereocenters. The number of ether oxygens (including phenoxy) is 1. The van der Waals surface area contributed by atoms with Crippen LogP contribution in [-0.4, -0.2) is 30.1 Å². The van der Waals surface area contributed by atoms with E-state index in [1.807, 2.05) is 13.8 Å². The summed E-state index contributed by atoms with van der Waals surface area (Å²) in [5.74, 6) is -0.409. The largest absolute Gasteiger partial charge is 0.393 e. The van der Waals surface area contributed by atoms with Crippen LogP contribution in [0.4, 0.5) is 11.4 Å². The molecule has 0 unspecified atom stereocenters. The maximum atomic E-state index is 11.9. The highest BCUT2D eigenvalue weighted by Gasteiger charge is 2.19. The van der Waals surface area contributed by atoms with Crippen LogP contribution in [-0.2, 0) is 4.74 Å². The third kappa shape index (κ3) is 3.92. The predicted molar refractivity (Wildman–Crippen MR) is 70.9 cm³/mol. The van der Waals surface area contributed by atoms with Crippen molar-refractivity contribution in [2.45, 2.75) is 19.4 Å². The summed E-state index contributed by atoms with van der Waals surface area (Å²) >= 11 is 0. The summed E-state index contributed by atoms with van der Waals surface area (Å²) < 4.78 is 5.16.